The summed E-state index contributed by atoms with van der Waals surface area (Å²) in [6.07, 6.45) is -1.50. The number of rotatable bonds is 6. The minimum atomic E-state index is -1.46. The number of urea groups is 1. The van der Waals surface area contributed by atoms with Gasteiger partial charge in [0.05, 0.1) is 0 Å². The number of para-hydroxylation sites is 1. The molecule has 0 unspecified atom stereocenters. The van der Waals surface area contributed by atoms with E-state index in [1.165, 1.54) is 0 Å². The van der Waals surface area contributed by atoms with E-state index in [-0.39, 0.29) is 18.9 Å². The van der Waals surface area contributed by atoms with E-state index in [1.54, 1.807) is 0 Å². The summed E-state index contributed by atoms with van der Waals surface area (Å²) in [6.45, 7) is 6.08. The number of aliphatic carboxylic acids is 1. The van der Waals surface area contributed by atoms with Crippen LogP contribution in [0.25, 0.3) is 0 Å². The third-order valence-electron chi connectivity index (χ3n) is 3.15. The summed E-state index contributed by atoms with van der Waals surface area (Å²) >= 11 is 0. The molecular formula is C15H22N2O4. The predicted molar refractivity (Wildman–Crippen MR) is 80.5 cm³/mol. The number of hydrogen-bond donors (Lipinski definition) is 4. The highest BCUT2D eigenvalue weighted by Crippen LogP contribution is 2.27. The van der Waals surface area contributed by atoms with Crippen molar-refractivity contribution in [3.8, 4) is 0 Å². The average molecular weight is 294 g/mol. The van der Waals surface area contributed by atoms with Crippen molar-refractivity contribution in [1.82, 2.24) is 5.32 Å². The zero-order chi connectivity index (χ0) is 16.0. The Hall–Kier alpha value is -2.08. The summed E-state index contributed by atoms with van der Waals surface area (Å²) in [5.41, 5.74) is 2.77. The second-order valence-corrected chi connectivity index (χ2v) is 5.22. The lowest BCUT2D eigenvalue weighted by atomic mass is 9.98. The van der Waals surface area contributed by atoms with Crippen LogP contribution >= 0.6 is 0 Å². The zero-order valence-corrected chi connectivity index (χ0v) is 12.5. The molecule has 0 radical (unpaired) electrons. The van der Waals surface area contributed by atoms with Crippen LogP contribution in [-0.4, -0.2) is 34.9 Å². The first kappa shape index (κ1) is 17.0. The number of carbonyl (C=O) groups excluding carboxylic acids is 1. The molecule has 6 heteroatoms. The quantitative estimate of drug-likeness (QED) is 0.645. The van der Waals surface area contributed by atoms with E-state index in [0.29, 0.717) is 0 Å². The third-order valence-corrected chi connectivity index (χ3v) is 3.15. The van der Waals surface area contributed by atoms with Crippen LogP contribution in [0, 0.1) is 6.92 Å². The van der Waals surface area contributed by atoms with Gasteiger partial charge in [0.2, 0.25) is 0 Å². The molecular weight excluding hydrogens is 272 g/mol. The van der Waals surface area contributed by atoms with Crippen LogP contribution in [0.4, 0.5) is 10.5 Å². The highest BCUT2D eigenvalue weighted by atomic mass is 16.4. The van der Waals surface area contributed by atoms with E-state index < -0.39 is 18.1 Å². The van der Waals surface area contributed by atoms with E-state index in [1.807, 2.05) is 39.0 Å². The van der Waals surface area contributed by atoms with Gasteiger partial charge in [0.15, 0.2) is 6.10 Å². The van der Waals surface area contributed by atoms with Crippen LogP contribution in [0.1, 0.15) is 37.3 Å². The highest BCUT2D eigenvalue weighted by Gasteiger charge is 2.14. The smallest absolute Gasteiger partial charge is 0.332 e. The zero-order valence-electron chi connectivity index (χ0n) is 12.5. The Bertz CT molecular complexity index is 514. The molecule has 0 saturated heterocycles. The van der Waals surface area contributed by atoms with Crippen molar-refractivity contribution < 1.29 is 19.8 Å². The SMILES string of the molecule is Cc1cccc(C(C)C)c1NC(=O)NCC[C@H](O)C(=O)O. The second-order valence-electron chi connectivity index (χ2n) is 5.22. The molecule has 2 amide bonds. The van der Waals surface area contributed by atoms with Crippen molar-refractivity contribution in [1.29, 1.82) is 0 Å². The van der Waals surface area contributed by atoms with Crippen LogP contribution < -0.4 is 10.6 Å². The van der Waals surface area contributed by atoms with E-state index in [2.05, 4.69) is 10.6 Å². The van der Waals surface area contributed by atoms with E-state index in [0.717, 1.165) is 16.8 Å². The van der Waals surface area contributed by atoms with Gasteiger partial charge >= 0.3 is 12.0 Å². The van der Waals surface area contributed by atoms with Crippen LogP contribution in [-0.2, 0) is 4.79 Å². The van der Waals surface area contributed by atoms with Crippen molar-refractivity contribution in [3.05, 3.63) is 29.3 Å². The highest BCUT2D eigenvalue weighted by molar-refractivity contribution is 5.91. The van der Waals surface area contributed by atoms with Crippen molar-refractivity contribution in [2.24, 2.45) is 0 Å². The van der Waals surface area contributed by atoms with Gasteiger partial charge in [0.1, 0.15) is 0 Å². The number of anilines is 1. The number of benzene rings is 1. The second kappa shape index (κ2) is 7.64. The van der Waals surface area contributed by atoms with E-state index in [4.69, 9.17) is 10.2 Å². The molecule has 0 saturated carbocycles. The predicted octanol–water partition coefficient (Wildman–Crippen LogP) is 2.08. The number of amides is 2. The Balaban J connectivity index is 2.61. The van der Waals surface area contributed by atoms with Gasteiger partial charge in [0.25, 0.3) is 0 Å². The summed E-state index contributed by atoms with van der Waals surface area (Å²) in [6, 6.07) is 5.40. The third kappa shape index (κ3) is 5.07. The first-order chi connectivity index (χ1) is 9.82. The molecule has 0 aliphatic rings. The largest absolute Gasteiger partial charge is 0.479 e. The van der Waals surface area contributed by atoms with Crippen LogP contribution in [0.2, 0.25) is 0 Å². The molecule has 1 rings (SSSR count). The molecule has 0 aliphatic heterocycles. The van der Waals surface area contributed by atoms with Crippen LogP contribution in [0.5, 0.6) is 0 Å². The Morgan fingerprint density at radius 2 is 1.95 bits per heavy atom. The summed E-state index contributed by atoms with van der Waals surface area (Å²) in [7, 11) is 0. The molecule has 0 spiro atoms. The van der Waals surface area contributed by atoms with Gasteiger partial charge in [-0.25, -0.2) is 9.59 Å². The minimum absolute atomic E-state index is 0.0342. The molecule has 6 nitrogen and oxygen atoms in total. The van der Waals surface area contributed by atoms with Gasteiger partial charge in [0, 0.05) is 18.7 Å². The number of aryl methyl sites for hydroxylation is 1. The lowest BCUT2D eigenvalue weighted by molar-refractivity contribution is -0.146. The molecule has 0 aromatic heterocycles. The Kier molecular flexibility index (Phi) is 6.17. The molecule has 1 atom stereocenters. The summed E-state index contributed by atoms with van der Waals surface area (Å²) in [4.78, 5) is 22.3. The van der Waals surface area contributed by atoms with Crippen molar-refractivity contribution >= 4 is 17.7 Å². The lowest BCUT2D eigenvalue weighted by Crippen LogP contribution is -2.33. The Morgan fingerprint density at radius 3 is 2.52 bits per heavy atom. The van der Waals surface area contributed by atoms with Gasteiger partial charge in [-0.3, -0.25) is 0 Å². The normalized spacial score (nSPS) is 12.0. The maximum Gasteiger partial charge on any atom is 0.332 e. The molecule has 21 heavy (non-hydrogen) atoms. The molecule has 0 aliphatic carbocycles. The van der Waals surface area contributed by atoms with Crippen molar-refractivity contribution in [3.63, 3.8) is 0 Å². The van der Waals surface area contributed by atoms with Crippen molar-refractivity contribution in [2.45, 2.75) is 39.2 Å². The van der Waals surface area contributed by atoms with Gasteiger partial charge in [-0.1, -0.05) is 32.0 Å². The summed E-state index contributed by atoms with van der Waals surface area (Å²) < 4.78 is 0. The van der Waals surface area contributed by atoms with Gasteiger partial charge in [-0.15, -0.1) is 0 Å². The van der Waals surface area contributed by atoms with Crippen LogP contribution in [0.15, 0.2) is 18.2 Å². The molecule has 4 N–H and O–H groups in total. The molecule has 0 fully saturated rings. The number of carboxylic acids is 1. The summed E-state index contributed by atoms with van der Waals surface area (Å²) in [5, 5.41) is 23.0. The lowest BCUT2D eigenvalue weighted by Gasteiger charge is -2.17. The Morgan fingerprint density at radius 1 is 1.29 bits per heavy atom. The maximum atomic E-state index is 11.8. The standard InChI is InChI=1S/C15H22N2O4/c1-9(2)11-6-4-5-10(3)13(11)17-15(21)16-8-7-12(18)14(19)20/h4-6,9,12,18H,7-8H2,1-3H3,(H,19,20)(H2,16,17,21)/t12-/m0/s1. The van der Waals surface area contributed by atoms with E-state index in [9.17, 15) is 9.59 Å². The topological polar surface area (TPSA) is 98.7 Å². The molecule has 0 heterocycles. The van der Waals surface area contributed by atoms with Gasteiger partial charge in [-0.05, 0) is 24.0 Å². The molecule has 1 aromatic carbocycles. The molecule has 1 aromatic rings. The monoisotopic (exact) mass is 294 g/mol. The van der Waals surface area contributed by atoms with E-state index >= 15 is 0 Å². The minimum Gasteiger partial charge on any atom is -0.479 e. The number of carbonyl (C=O) groups is 2. The van der Waals surface area contributed by atoms with Gasteiger partial charge in [-0.2, -0.15) is 0 Å². The molecule has 0 bridgehead atoms. The average Bonchev–Trinajstić information content (AvgIpc) is 2.40. The molecule has 116 valence electrons. The summed E-state index contributed by atoms with van der Waals surface area (Å²) in [5.74, 6) is -1.02. The number of aliphatic hydroxyl groups excluding tert-OH is 1. The first-order valence-corrected chi connectivity index (χ1v) is 6.88. The number of hydrogen-bond acceptors (Lipinski definition) is 3. The number of carboxylic acid groups (broad SMARTS) is 1. The number of nitrogens with one attached hydrogen (secondary N) is 2. The van der Waals surface area contributed by atoms with Crippen molar-refractivity contribution in [2.75, 3.05) is 11.9 Å². The first-order valence-electron chi connectivity index (χ1n) is 6.88. The fourth-order valence-corrected chi connectivity index (χ4v) is 1.95. The maximum absolute atomic E-state index is 11.8. The van der Waals surface area contributed by atoms with Crippen LogP contribution in [0.3, 0.4) is 0 Å². The Labute approximate surface area is 124 Å². The van der Waals surface area contributed by atoms with Gasteiger partial charge < -0.3 is 20.8 Å². The number of aliphatic hydroxyl groups is 1. The fraction of sp³-hybridized carbons (Fsp3) is 0.467. The fourth-order valence-electron chi connectivity index (χ4n) is 1.95.